The highest BCUT2D eigenvalue weighted by Gasteiger charge is 2.37. The number of halogens is 2. The lowest BCUT2D eigenvalue weighted by Gasteiger charge is -2.31. The topological polar surface area (TPSA) is 84.7 Å². The van der Waals surface area contributed by atoms with Gasteiger partial charge in [-0.1, -0.05) is 0 Å². The maximum Gasteiger partial charge on any atom is 0.271 e. The van der Waals surface area contributed by atoms with Gasteiger partial charge >= 0.3 is 0 Å². The third kappa shape index (κ3) is 5.29. The van der Waals surface area contributed by atoms with Gasteiger partial charge in [0.1, 0.15) is 11.4 Å². The van der Waals surface area contributed by atoms with Gasteiger partial charge in [0.15, 0.2) is 5.65 Å². The number of pyridine rings is 1. The van der Waals surface area contributed by atoms with Crippen LogP contribution in [0.3, 0.4) is 0 Å². The molecule has 0 radical (unpaired) electrons. The summed E-state index contributed by atoms with van der Waals surface area (Å²) in [5.41, 5.74) is 0.00631. The summed E-state index contributed by atoms with van der Waals surface area (Å²) in [4.78, 5) is 21.0. The number of rotatable bonds is 7. The van der Waals surface area contributed by atoms with E-state index in [9.17, 15) is 22.0 Å². The molecule has 2 aromatic rings. The average Bonchev–Trinajstić information content (AvgIpc) is 3.33. The van der Waals surface area contributed by atoms with Gasteiger partial charge in [-0.05, 0) is 44.9 Å². The van der Waals surface area contributed by atoms with Gasteiger partial charge in [0.05, 0.1) is 19.1 Å². The third-order valence-electron chi connectivity index (χ3n) is 6.46. The number of alkyl halides is 2. The second kappa shape index (κ2) is 9.17. The fourth-order valence-corrected chi connectivity index (χ4v) is 5.55. The number of fused-ring (bicyclic) bond motifs is 1. The number of hydrogen-bond donors (Lipinski definition) is 0. The Kier molecular flexibility index (Phi) is 6.63. The zero-order valence-corrected chi connectivity index (χ0v) is 19.8. The molecule has 33 heavy (non-hydrogen) atoms. The van der Waals surface area contributed by atoms with E-state index in [1.807, 2.05) is 0 Å². The molecule has 0 spiro atoms. The molecule has 182 valence electrons. The summed E-state index contributed by atoms with van der Waals surface area (Å²) in [6, 6.07) is 3.70. The first-order valence-corrected chi connectivity index (χ1v) is 13.2. The smallest absolute Gasteiger partial charge is 0.271 e. The van der Waals surface area contributed by atoms with E-state index in [1.54, 1.807) is 6.07 Å². The molecule has 11 heteroatoms. The number of piperidine rings is 1. The van der Waals surface area contributed by atoms with Crippen molar-refractivity contribution in [1.29, 1.82) is 0 Å². The van der Waals surface area contributed by atoms with E-state index in [2.05, 4.69) is 16.8 Å². The van der Waals surface area contributed by atoms with Crippen molar-refractivity contribution in [3.8, 4) is 5.75 Å². The molecule has 4 heterocycles. The Labute approximate surface area is 192 Å². The minimum absolute atomic E-state index is 0.106. The summed E-state index contributed by atoms with van der Waals surface area (Å²) in [5, 5.41) is 0.441. The average molecular weight is 485 g/mol. The lowest BCUT2D eigenvalue weighted by molar-refractivity contribution is -0.0495. The fourth-order valence-electron chi connectivity index (χ4n) is 4.60. The first-order valence-electron chi connectivity index (χ1n) is 11.3. The SMILES string of the molecule is CC1CCCN1CCCOc1cnc2c(c1)cc(C(=O)N1CCC(F)(F)CC1)n2S(C)(=O)=O. The van der Waals surface area contributed by atoms with Crippen LogP contribution in [0, 0.1) is 0 Å². The van der Waals surface area contributed by atoms with E-state index in [0.29, 0.717) is 23.8 Å². The van der Waals surface area contributed by atoms with Crippen LogP contribution in [0.15, 0.2) is 18.3 Å². The van der Waals surface area contributed by atoms with Crippen molar-refractivity contribution >= 4 is 27.0 Å². The molecule has 2 saturated heterocycles. The predicted molar refractivity (Wildman–Crippen MR) is 120 cm³/mol. The number of carbonyl (C=O) groups is 1. The van der Waals surface area contributed by atoms with Crippen LogP contribution in [0.4, 0.5) is 8.78 Å². The van der Waals surface area contributed by atoms with Crippen molar-refractivity contribution in [3.05, 3.63) is 24.0 Å². The van der Waals surface area contributed by atoms with Crippen LogP contribution >= 0.6 is 0 Å². The summed E-state index contributed by atoms with van der Waals surface area (Å²) < 4.78 is 58.6. The molecule has 0 N–H and O–H groups in total. The van der Waals surface area contributed by atoms with E-state index in [0.717, 1.165) is 29.7 Å². The summed E-state index contributed by atoms with van der Waals surface area (Å²) in [6.45, 7) is 4.53. The van der Waals surface area contributed by atoms with Gasteiger partial charge in [-0.2, -0.15) is 0 Å². The number of ether oxygens (including phenoxy) is 1. The Morgan fingerprint density at radius 1 is 1.24 bits per heavy atom. The van der Waals surface area contributed by atoms with E-state index >= 15 is 0 Å². The summed E-state index contributed by atoms with van der Waals surface area (Å²) in [5.74, 6) is -2.92. The molecule has 1 atom stereocenters. The van der Waals surface area contributed by atoms with Crippen molar-refractivity contribution in [2.75, 3.05) is 39.0 Å². The fraction of sp³-hybridized carbons (Fsp3) is 0.636. The molecule has 0 aliphatic carbocycles. The Balaban J connectivity index is 1.51. The molecular weight excluding hydrogens is 454 g/mol. The molecule has 2 aliphatic heterocycles. The number of hydrogen-bond acceptors (Lipinski definition) is 6. The molecular formula is C22H30F2N4O4S. The predicted octanol–water partition coefficient (Wildman–Crippen LogP) is 2.97. The quantitative estimate of drug-likeness (QED) is 0.562. The van der Waals surface area contributed by atoms with Crippen LogP contribution in [0.2, 0.25) is 0 Å². The summed E-state index contributed by atoms with van der Waals surface area (Å²) in [6.07, 6.45) is 4.85. The number of nitrogens with zero attached hydrogens (tertiary/aromatic N) is 4. The number of likely N-dealkylation sites (tertiary alicyclic amines) is 2. The van der Waals surface area contributed by atoms with Gasteiger partial charge in [0.2, 0.25) is 10.0 Å². The maximum atomic E-state index is 13.5. The van der Waals surface area contributed by atoms with Crippen LogP contribution < -0.4 is 4.74 Å². The number of amides is 1. The number of carbonyl (C=O) groups excluding carboxylic acids is 1. The second-order valence-electron chi connectivity index (χ2n) is 9.02. The van der Waals surface area contributed by atoms with E-state index < -0.39 is 34.7 Å². The second-order valence-corrected chi connectivity index (χ2v) is 10.8. The zero-order valence-electron chi connectivity index (χ0n) is 19.0. The Morgan fingerprint density at radius 3 is 2.61 bits per heavy atom. The lowest BCUT2D eigenvalue weighted by atomic mass is 10.1. The van der Waals surface area contributed by atoms with Gasteiger partial charge in [-0.15, -0.1) is 0 Å². The minimum Gasteiger partial charge on any atom is -0.492 e. The highest BCUT2D eigenvalue weighted by molar-refractivity contribution is 7.89. The van der Waals surface area contributed by atoms with Crippen LogP contribution in [0.25, 0.3) is 11.0 Å². The van der Waals surface area contributed by atoms with Crippen LogP contribution in [0.5, 0.6) is 5.75 Å². The highest BCUT2D eigenvalue weighted by Crippen LogP contribution is 2.30. The van der Waals surface area contributed by atoms with Gasteiger partial charge in [-0.3, -0.25) is 4.79 Å². The van der Waals surface area contributed by atoms with Crippen LogP contribution in [-0.4, -0.2) is 84.1 Å². The van der Waals surface area contributed by atoms with Crippen molar-refractivity contribution in [3.63, 3.8) is 0 Å². The zero-order chi connectivity index (χ0) is 23.8. The maximum absolute atomic E-state index is 13.5. The molecule has 2 aliphatic rings. The molecule has 0 bridgehead atoms. The number of aromatic nitrogens is 2. The summed E-state index contributed by atoms with van der Waals surface area (Å²) in [7, 11) is -3.86. The molecule has 1 unspecified atom stereocenters. The molecule has 2 fully saturated rings. The Morgan fingerprint density at radius 2 is 1.97 bits per heavy atom. The van der Waals surface area contributed by atoms with Crippen molar-refractivity contribution in [2.24, 2.45) is 0 Å². The highest BCUT2D eigenvalue weighted by atomic mass is 32.2. The van der Waals surface area contributed by atoms with Gasteiger partial charge in [0.25, 0.3) is 11.8 Å². The van der Waals surface area contributed by atoms with Crippen LogP contribution in [-0.2, 0) is 10.0 Å². The summed E-state index contributed by atoms with van der Waals surface area (Å²) >= 11 is 0. The molecule has 8 nitrogen and oxygen atoms in total. The van der Waals surface area contributed by atoms with E-state index in [-0.39, 0.29) is 24.4 Å². The lowest BCUT2D eigenvalue weighted by Crippen LogP contribution is -2.43. The van der Waals surface area contributed by atoms with Gasteiger partial charge in [0, 0.05) is 43.9 Å². The standard InChI is InChI=1S/C22H30F2N4O4S/c1-16-5-3-8-26(16)9-4-12-32-18-13-17-14-19(28(33(2,30)31)20(17)25-15-18)21(29)27-10-6-22(23,24)7-11-27/h13-16H,3-12H2,1-2H3. The molecule has 1 amide bonds. The minimum atomic E-state index is -3.86. The normalized spacial score (nSPS) is 21.6. The van der Waals surface area contributed by atoms with Crippen molar-refractivity contribution in [2.45, 2.75) is 51.0 Å². The van der Waals surface area contributed by atoms with E-state index in [4.69, 9.17) is 4.74 Å². The van der Waals surface area contributed by atoms with Crippen molar-refractivity contribution < 1.29 is 26.7 Å². The molecule has 0 saturated carbocycles. The Hall–Kier alpha value is -2.27. The molecule has 0 aromatic carbocycles. The first-order chi connectivity index (χ1) is 15.5. The molecule has 4 rings (SSSR count). The van der Waals surface area contributed by atoms with Crippen LogP contribution in [0.1, 0.15) is 49.5 Å². The monoisotopic (exact) mass is 484 g/mol. The van der Waals surface area contributed by atoms with Gasteiger partial charge < -0.3 is 14.5 Å². The Bertz CT molecular complexity index is 1120. The van der Waals surface area contributed by atoms with Crippen molar-refractivity contribution in [1.82, 2.24) is 18.8 Å². The molecule has 2 aromatic heterocycles. The van der Waals surface area contributed by atoms with E-state index in [1.165, 1.54) is 30.0 Å². The van der Waals surface area contributed by atoms with Gasteiger partial charge in [-0.25, -0.2) is 26.2 Å². The first kappa shape index (κ1) is 23.9. The third-order valence-corrected chi connectivity index (χ3v) is 7.49. The largest absolute Gasteiger partial charge is 0.492 e.